The van der Waals surface area contributed by atoms with E-state index in [0.717, 1.165) is 48.5 Å². The summed E-state index contributed by atoms with van der Waals surface area (Å²) in [6, 6.07) is 13.4. The van der Waals surface area contributed by atoms with Crippen molar-refractivity contribution in [3.05, 3.63) is 124 Å². The van der Waals surface area contributed by atoms with E-state index < -0.39 is 81.1 Å². The molecule has 4 N–H and O–H groups in total. The molecule has 21 nitrogen and oxygen atoms in total. The number of benzene rings is 4. The van der Waals surface area contributed by atoms with Crippen LogP contribution in [0.5, 0.6) is 5.75 Å². The molecule has 4 aromatic rings. The summed E-state index contributed by atoms with van der Waals surface area (Å²) in [5, 5.41) is 46.1. The number of anilines is 2. The van der Waals surface area contributed by atoms with Crippen molar-refractivity contribution in [1.29, 1.82) is 0 Å². The molecule has 49 heavy (non-hydrogen) atoms. The number of hydrogen-bond donors (Lipinski definition) is 4. The topological polar surface area (TPSA) is 312 Å². The molecule has 0 aliphatic heterocycles. The minimum Gasteiger partial charge on any atom is -0.505 e. The summed E-state index contributed by atoms with van der Waals surface area (Å²) in [7, 11) is -8.87. The van der Waals surface area contributed by atoms with E-state index in [2.05, 4.69) is 35.5 Å². The Hall–Kier alpha value is -6.30. The maximum absolute atomic E-state index is 13.2. The lowest BCUT2D eigenvalue weighted by molar-refractivity contribution is -0.385. The summed E-state index contributed by atoms with van der Waals surface area (Å²) >= 11 is 0. The summed E-state index contributed by atoms with van der Waals surface area (Å²) < 4.78 is 58.8. The van der Waals surface area contributed by atoms with Crippen LogP contribution in [0.1, 0.15) is 0 Å². The van der Waals surface area contributed by atoms with Crippen LogP contribution in [-0.2, 0) is 24.4 Å². The molecule has 4 rings (SSSR count). The molecular weight excluding hydrogens is 696 g/mol. The Morgan fingerprint density at radius 3 is 2.00 bits per heavy atom. The van der Waals surface area contributed by atoms with Crippen molar-refractivity contribution in [1.82, 2.24) is 0 Å². The SMILES string of the molecule is O=c1c(N=Nc2ccc([N+](=O)[O-])cc2)cc(=NNc2ccc(S(=O)(=O)CCOS(=O)(=O)O)cc2)c(=O)c1=NNc1ccc([N+](=O)[O-])cc1O. The van der Waals surface area contributed by atoms with Crippen LogP contribution in [0.2, 0.25) is 0 Å². The second-order valence-electron chi connectivity index (χ2n) is 9.39. The Labute approximate surface area is 273 Å². The Bertz CT molecular complexity index is 2410. The summed E-state index contributed by atoms with van der Waals surface area (Å²) in [6.45, 7) is -0.839. The number of rotatable bonds is 13. The van der Waals surface area contributed by atoms with Crippen molar-refractivity contribution in [3.8, 4) is 5.75 Å². The third kappa shape index (κ3) is 9.38. The van der Waals surface area contributed by atoms with Gasteiger partial charge in [-0.05, 0) is 42.5 Å². The largest absolute Gasteiger partial charge is 0.505 e. The predicted molar refractivity (Wildman–Crippen MR) is 168 cm³/mol. The van der Waals surface area contributed by atoms with E-state index in [1.54, 1.807) is 0 Å². The van der Waals surface area contributed by atoms with Crippen molar-refractivity contribution in [2.24, 2.45) is 20.4 Å². The molecule has 0 saturated carbocycles. The Balaban J connectivity index is 1.71. The first kappa shape index (κ1) is 35.6. The van der Waals surface area contributed by atoms with Crippen LogP contribution in [0.3, 0.4) is 0 Å². The molecule has 4 aromatic carbocycles. The second-order valence-corrected chi connectivity index (χ2v) is 12.6. The number of hydrogen-bond acceptors (Lipinski definition) is 18. The fraction of sp³-hybridized carbons (Fsp3) is 0.0769. The highest BCUT2D eigenvalue weighted by Crippen LogP contribution is 2.27. The van der Waals surface area contributed by atoms with Crippen LogP contribution in [0.15, 0.2) is 108 Å². The van der Waals surface area contributed by atoms with Crippen LogP contribution >= 0.6 is 0 Å². The molecule has 0 bridgehead atoms. The molecule has 0 unspecified atom stereocenters. The number of sulfone groups is 1. The molecule has 0 heterocycles. The van der Waals surface area contributed by atoms with Crippen LogP contribution in [0.25, 0.3) is 0 Å². The van der Waals surface area contributed by atoms with Crippen molar-refractivity contribution in [3.63, 3.8) is 0 Å². The number of aromatic hydroxyl groups is 1. The molecule has 0 aliphatic rings. The monoisotopic (exact) mass is 716 g/mol. The Morgan fingerprint density at radius 2 is 1.41 bits per heavy atom. The molecule has 0 radical (unpaired) electrons. The van der Waals surface area contributed by atoms with Gasteiger partial charge in [-0.1, -0.05) is 0 Å². The van der Waals surface area contributed by atoms with E-state index in [4.69, 9.17) is 4.55 Å². The number of nitro groups is 2. The zero-order valence-corrected chi connectivity index (χ0v) is 25.9. The lowest BCUT2D eigenvalue weighted by Crippen LogP contribution is -2.48. The van der Waals surface area contributed by atoms with Crippen molar-refractivity contribution in [2.45, 2.75) is 4.90 Å². The van der Waals surface area contributed by atoms with Gasteiger partial charge in [-0.25, -0.2) is 12.6 Å². The van der Waals surface area contributed by atoms with Gasteiger partial charge in [0.2, 0.25) is 10.9 Å². The molecule has 23 heteroatoms. The summed E-state index contributed by atoms with van der Waals surface area (Å²) in [5.74, 6) is -1.41. The molecule has 0 fully saturated rings. The molecule has 0 atom stereocenters. The van der Waals surface area contributed by atoms with E-state index in [-0.39, 0.29) is 27.6 Å². The van der Waals surface area contributed by atoms with Gasteiger partial charge < -0.3 is 5.11 Å². The van der Waals surface area contributed by atoms with Crippen molar-refractivity contribution in [2.75, 3.05) is 23.2 Å². The van der Waals surface area contributed by atoms with Crippen LogP contribution in [0, 0.1) is 20.2 Å². The number of nitro benzene ring substituents is 2. The third-order valence-corrected chi connectivity index (χ3v) is 8.25. The van der Waals surface area contributed by atoms with E-state index in [1.807, 2.05) is 0 Å². The third-order valence-electron chi connectivity index (χ3n) is 6.09. The number of non-ortho nitro benzene ring substituents is 2. The number of azo groups is 1. The molecule has 0 aromatic heterocycles. The van der Waals surface area contributed by atoms with Crippen LogP contribution in [-0.4, -0.2) is 48.7 Å². The first-order valence-corrected chi connectivity index (χ1v) is 16.1. The number of nitrogens with one attached hydrogen (secondary N) is 2. The molecule has 0 aliphatic carbocycles. The highest BCUT2D eigenvalue weighted by molar-refractivity contribution is 7.91. The first-order chi connectivity index (χ1) is 23.0. The first-order valence-electron chi connectivity index (χ1n) is 13.1. The molecule has 254 valence electrons. The van der Waals surface area contributed by atoms with E-state index in [9.17, 15) is 51.8 Å². The smallest absolute Gasteiger partial charge is 0.397 e. The van der Waals surface area contributed by atoms with Crippen molar-refractivity contribution >= 4 is 54.4 Å². The van der Waals surface area contributed by atoms with Crippen molar-refractivity contribution < 1.29 is 40.5 Å². The van der Waals surface area contributed by atoms with Gasteiger partial charge in [0.1, 0.15) is 16.8 Å². The molecule has 0 spiro atoms. The standard InChI is InChI=1S/C26H20N8O13S2/c35-23-13-18(34(40)41)7-10-20(23)29-32-24-25(36)21(30-27-15-1-5-17(6-2-15)33(38)39)14-22(26(24)37)31-28-16-3-8-19(9-4-16)48(42,43)12-11-47-49(44,45)46/h1-10,13-14,28-29,35H,11-12H2,(H,44,45,46). The molecular formula is C26H20N8O13S2. The summed E-state index contributed by atoms with van der Waals surface area (Å²) in [6.07, 6.45) is 0. The molecule has 0 saturated heterocycles. The maximum atomic E-state index is 13.2. The Kier molecular flexibility index (Phi) is 10.6. The molecule has 0 amide bonds. The highest BCUT2D eigenvalue weighted by atomic mass is 32.3. The predicted octanol–water partition coefficient (Wildman–Crippen LogP) is 1.67. The highest BCUT2D eigenvalue weighted by Gasteiger charge is 2.17. The van der Waals surface area contributed by atoms with Crippen LogP contribution in [0.4, 0.5) is 34.1 Å². The average Bonchev–Trinajstić information content (AvgIpc) is 3.04. The van der Waals surface area contributed by atoms with Gasteiger partial charge in [0.15, 0.2) is 15.2 Å². The quantitative estimate of drug-likeness (QED) is 0.0503. The van der Waals surface area contributed by atoms with Crippen LogP contribution < -0.4 is 32.4 Å². The number of phenolic OH excluding ortho intramolecular Hbond substituents is 1. The van der Waals surface area contributed by atoms with E-state index in [0.29, 0.717) is 0 Å². The fourth-order valence-electron chi connectivity index (χ4n) is 3.69. The lowest BCUT2D eigenvalue weighted by Gasteiger charge is -2.05. The fourth-order valence-corrected chi connectivity index (χ4v) is 5.18. The minimum absolute atomic E-state index is 0.0971. The van der Waals surface area contributed by atoms with Gasteiger partial charge >= 0.3 is 10.4 Å². The van der Waals surface area contributed by atoms with Gasteiger partial charge in [-0.2, -0.15) is 23.7 Å². The zero-order chi connectivity index (χ0) is 35.9. The Morgan fingerprint density at radius 1 is 0.776 bits per heavy atom. The van der Waals surface area contributed by atoms with Gasteiger partial charge in [0.05, 0.1) is 50.2 Å². The van der Waals surface area contributed by atoms with Gasteiger partial charge in [0.25, 0.3) is 11.4 Å². The van der Waals surface area contributed by atoms with Gasteiger partial charge in [-0.3, -0.25) is 45.2 Å². The number of phenols is 1. The number of nitrogens with zero attached hydrogens (tertiary/aromatic N) is 6. The van der Waals surface area contributed by atoms with E-state index >= 15 is 0 Å². The normalized spacial score (nSPS) is 12.7. The zero-order valence-electron chi connectivity index (χ0n) is 24.2. The maximum Gasteiger partial charge on any atom is 0.397 e. The van der Waals surface area contributed by atoms with Gasteiger partial charge in [-0.15, -0.1) is 5.11 Å². The average molecular weight is 717 g/mol. The van der Waals surface area contributed by atoms with E-state index in [1.165, 1.54) is 24.3 Å². The minimum atomic E-state index is -4.84. The summed E-state index contributed by atoms with van der Waals surface area (Å²) in [5.41, 5.74) is 1.53. The second kappa shape index (κ2) is 14.6. The van der Waals surface area contributed by atoms with Gasteiger partial charge in [0, 0.05) is 24.3 Å². The lowest BCUT2D eigenvalue weighted by atomic mass is 10.2. The summed E-state index contributed by atoms with van der Waals surface area (Å²) in [4.78, 5) is 46.7.